The Labute approximate surface area is 191 Å². The predicted molar refractivity (Wildman–Crippen MR) is 129 cm³/mol. The van der Waals surface area contributed by atoms with Gasteiger partial charge in [0.2, 0.25) is 0 Å². The Balaban J connectivity index is 1.28. The van der Waals surface area contributed by atoms with E-state index >= 15 is 0 Å². The van der Waals surface area contributed by atoms with Crippen LogP contribution in [0.25, 0.3) is 10.9 Å². The van der Waals surface area contributed by atoms with Gasteiger partial charge >= 0.3 is 0 Å². The van der Waals surface area contributed by atoms with Crippen molar-refractivity contribution in [1.29, 1.82) is 0 Å². The van der Waals surface area contributed by atoms with Gasteiger partial charge in [-0.25, -0.2) is 0 Å². The van der Waals surface area contributed by atoms with E-state index in [2.05, 4.69) is 15.6 Å². The van der Waals surface area contributed by atoms with Gasteiger partial charge in [-0.2, -0.15) is 0 Å². The van der Waals surface area contributed by atoms with E-state index in [-0.39, 0.29) is 5.91 Å². The monoisotopic (exact) mass is 443 g/mol. The average Bonchev–Trinajstić information content (AvgIpc) is 3.30. The van der Waals surface area contributed by atoms with Crippen molar-refractivity contribution in [3.8, 4) is 17.2 Å². The zero-order valence-corrected chi connectivity index (χ0v) is 18.5. The third-order valence-corrected chi connectivity index (χ3v) is 5.63. The Morgan fingerprint density at radius 3 is 2.88 bits per heavy atom. The first-order valence-corrected chi connectivity index (χ1v) is 10.7. The van der Waals surface area contributed by atoms with Gasteiger partial charge in [-0.1, -0.05) is 6.07 Å². The van der Waals surface area contributed by atoms with Gasteiger partial charge in [0, 0.05) is 34.4 Å². The Morgan fingerprint density at radius 1 is 1.09 bits per heavy atom. The maximum Gasteiger partial charge on any atom is 0.255 e. The highest BCUT2D eigenvalue weighted by atomic mass is 16.5. The fraction of sp³-hybridized carbons (Fsp3) is 0.192. The quantitative estimate of drug-likeness (QED) is 0.387. The standard InChI is InChI=1S/C26H25N3O4/c1-26(15-32-21-7-8-22-17(12-21)10-11-27-22)16-33-24-9-6-18(13-23(24)29-26)25(30)28-19-4-3-5-20(14-19)31-2/h3-14,27,29H,15-16H2,1-2H3,(H,28,30). The van der Waals surface area contributed by atoms with Crippen molar-refractivity contribution in [2.75, 3.05) is 31.0 Å². The SMILES string of the molecule is COc1cccc(NC(=O)c2ccc3c(c2)NC(C)(COc2ccc4[nH]ccc4c2)CO3)c1. The molecule has 5 rings (SSSR count). The third-order valence-electron chi connectivity index (χ3n) is 5.63. The van der Waals surface area contributed by atoms with Crippen LogP contribution >= 0.6 is 0 Å². The van der Waals surface area contributed by atoms with Crippen molar-refractivity contribution in [2.45, 2.75) is 12.5 Å². The highest BCUT2D eigenvalue weighted by molar-refractivity contribution is 6.05. The summed E-state index contributed by atoms with van der Waals surface area (Å²) < 4.78 is 17.3. The largest absolute Gasteiger partial charge is 0.497 e. The number of ether oxygens (including phenoxy) is 3. The lowest BCUT2D eigenvalue weighted by Crippen LogP contribution is -2.48. The Bertz CT molecular complexity index is 1320. The Kier molecular flexibility index (Phi) is 5.30. The van der Waals surface area contributed by atoms with E-state index in [4.69, 9.17) is 14.2 Å². The Hall–Kier alpha value is -4.13. The number of fused-ring (bicyclic) bond motifs is 2. The maximum atomic E-state index is 12.8. The first kappa shape index (κ1) is 20.8. The molecule has 0 bridgehead atoms. The molecule has 0 saturated carbocycles. The number of carbonyl (C=O) groups is 1. The zero-order chi connectivity index (χ0) is 22.8. The molecule has 7 heteroatoms. The molecule has 1 aromatic heterocycles. The smallest absolute Gasteiger partial charge is 0.255 e. The second-order valence-corrected chi connectivity index (χ2v) is 8.39. The van der Waals surface area contributed by atoms with E-state index in [0.717, 1.165) is 22.3 Å². The number of hydrogen-bond acceptors (Lipinski definition) is 5. The van der Waals surface area contributed by atoms with Crippen LogP contribution in [-0.2, 0) is 0 Å². The fourth-order valence-corrected chi connectivity index (χ4v) is 3.84. The fourth-order valence-electron chi connectivity index (χ4n) is 3.84. The normalized spacial score (nSPS) is 16.9. The van der Waals surface area contributed by atoms with Crippen molar-refractivity contribution in [3.63, 3.8) is 0 Å². The molecule has 4 aromatic rings. The summed E-state index contributed by atoms with van der Waals surface area (Å²) in [6.45, 7) is 2.89. The van der Waals surface area contributed by atoms with E-state index in [1.807, 2.05) is 61.7 Å². The molecule has 0 fully saturated rings. The highest BCUT2D eigenvalue weighted by Gasteiger charge is 2.32. The number of amides is 1. The van der Waals surface area contributed by atoms with Crippen molar-refractivity contribution in [3.05, 3.63) is 78.5 Å². The van der Waals surface area contributed by atoms with E-state index < -0.39 is 5.54 Å². The van der Waals surface area contributed by atoms with E-state index in [1.165, 1.54) is 0 Å². The van der Waals surface area contributed by atoms with Gasteiger partial charge in [-0.05, 0) is 61.5 Å². The third kappa shape index (κ3) is 4.43. The van der Waals surface area contributed by atoms with Crippen LogP contribution in [0.2, 0.25) is 0 Å². The number of anilines is 2. The predicted octanol–water partition coefficient (Wildman–Crippen LogP) is 5.07. The number of H-pyrrole nitrogens is 1. The average molecular weight is 444 g/mol. The number of methoxy groups -OCH3 is 1. The summed E-state index contributed by atoms with van der Waals surface area (Å²) >= 11 is 0. The van der Waals surface area contributed by atoms with Crippen LogP contribution in [0, 0.1) is 0 Å². The second-order valence-electron chi connectivity index (χ2n) is 8.39. The van der Waals surface area contributed by atoms with Crippen LogP contribution < -0.4 is 24.8 Å². The van der Waals surface area contributed by atoms with Gasteiger partial charge in [-0.3, -0.25) is 4.79 Å². The Morgan fingerprint density at radius 2 is 2.00 bits per heavy atom. The van der Waals surface area contributed by atoms with Crippen molar-refractivity contribution in [2.24, 2.45) is 0 Å². The number of rotatable bonds is 6. The summed E-state index contributed by atoms with van der Waals surface area (Å²) in [5.74, 6) is 1.97. The first-order chi connectivity index (χ1) is 16.0. The number of hydrogen-bond donors (Lipinski definition) is 3. The van der Waals surface area contributed by atoms with Crippen molar-refractivity contribution >= 4 is 28.2 Å². The van der Waals surface area contributed by atoms with Crippen molar-refractivity contribution < 1.29 is 19.0 Å². The van der Waals surface area contributed by atoms with Gasteiger partial charge in [0.25, 0.3) is 5.91 Å². The summed E-state index contributed by atoms with van der Waals surface area (Å²) in [5, 5.41) is 7.50. The summed E-state index contributed by atoms with van der Waals surface area (Å²) in [5.41, 5.74) is 2.56. The molecule has 1 aliphatic heterocycles. The van der Waals surface area contributed by atoms with Crippen LogP contribution in [-0.4, -0.2) is 36.8 Å². The molecule has 1 atom stereocenters. The number of benzene rings is 3. The van der Waals surface area contributed by atoms with Crippen molar-refractivity contribution in [1.82, 2.24) is 4.98 Å². The minimum atomic E-state index is -0.456. The lowest BCUT2D eigenvalue weighted by Gasteiger charge is -2.36. The molecule has 2 heterocycles. The molecule has 0 aliphatic carbocycles. The lowest BCUT2D eigenvalue weighted by atomic mass is 10.0. The van der Waals surface area contributed by atoms with E-state index in [1.54, 1.807) is 25.3 Å². The molecule has 1 unspecified atom stereocenters. The topological polar surface area (TPSA) is 84.6 Å². The summed E-state index contributed by atoms with van der Waals surface area (Å²) in [6, 6.07) is 20.6. The number of aromatic amines is 1. The number of carbonyl (C=O) groups excluding carboxylic acids is 1. The minimum absolute atomic E-state index is 0.212. The van der Waals surface area contributed by atoms with Crippen LogP contribution in [0.1, 0.15) is 17.3 Å². The number of nitrogens with one attached hydrogen (secondary N) is 3. The van der Waals surface area contributed by atoms with Gasteiger partial charge in [0.15, 0.2) is 0 Å². The maximum absolute atomic E-state index is 12.8. The highest BCUT2D eigenvalue weighted by Crippen LogP contribution is 2.34. The van der Waals surface area contributed by atoms with Gasteiger partial charge in [-0.15, -0.1) is 0 Å². The molecule has 3 N–H and O–H groups in total. The molecule has 7 nitrogen and oxygen atoms in total. The molecule has 1 aliphatic rings. The number of aromatic nitrogens is 1. The molecule has 0 radical (unpaired) electrons. The van der Waals surface area contributed by atoms with Gasteiger partial charge in [0.05, 0.1) is 12.8 Å². The second kappa shape index (κ2) is 8.43. The lowest BCUT2D eigenvalue weighted by molar-refractivity contribution is 0.102. The van der Waals surface area contributed by atoms with Crippen LogP contribution in [0.4, 0.5) is 11.4 Å². The molecule has 168 valence electrons. The summed E-state index contributed by atoms with van der Waals surface area (Å²) in [6.07, 6.45) is 1.91. The molecular formula is C26H25N3O4. The zero-order valence-electron chi connectivity index (χ0n) is 18.5. The molecule has 0 spiro atoms. The van der Waals surface area contributed by atoms with Crippen LogP contribution in [0.5, 0.6) is 17.2 Å². The molecular weight excluding hydrogens is 418 g/mol. The molecule has 0 saturated heterocycles. The molecule has 3 aromatic carbocycles. The minimum Gasteiger partial charge on any atom is -0.497 e. The van der Waals surface area contributed by atoms with Crippen LogP contribution in [0.3, 0.4) is 0 Å². The van der Waals surface area contributed by atoms with Gasteiger partial charge < -0.3 is 29.8 Å². The van der Waals surface area contributed by atoms with Gasteiger partial charge in [0.1, 0.15) is 36.0 Å². The summed E-state index contributed by atoms with van der Waals surface area (Å²) in [4.78, 5) is 16.0. The van der Waals surface area contributed by atoms with Crippen LogP contribution in [0.15, 0.2) is 72.9 Å². The molecule has 1 amide bonds. The first-order valence-electron chi connectivity index (χ1n) is 10.7. The van der Waals surface area contributed by atoms with E-state index in [9.17, 15) is 4.79 Å². The van der Waals surface area contributed by atoms with E-state index in [0.29, 0.717) is 36.0 Å². The molecule has 33 heavy (non-hydrogen) atoms. The summed E-state index contributed by atoms with van der Waals surface area (Å²) in [7, 11) is 1.59.